The number of benzene rings is 3. The van der Waals surface area contributed by atoms with Crippen molar-refractivity contribution in [3.8, 4) is 23.0 Å². The fraction of sp³-hybridized carbons (Fsp3) is 0.174. The summed E-state index contributed by atoms with van der Waals surface area (Å²) in [4.78, 5) is 12.4. The van der Waals surface area contributed by atoms with E-state index in [4.69, 9.17) is 24.1 Å². The maximum Gasteiger partial charge on any atom is 0.255 e. The second-order valence-electron chi connectivity index (χ2n) is 6.86. The first-order valence-corrected chi connectivity index (χ1v) is 11.3. The monoisotopic (exact) mass is 472 g/mol. The first-order chi connectivity index (χ1) is 15.7. The maximum atomic E-state index is 12.6. The van der Waals surface area contributed by atoms with E-state index in [2.05, 4.69) is 5.32 Å². The predicted molar refractivity (Wildman–Crippen MR) is 123 cm³/mol. The molecule has 0 radical (unpaired) electrons. The number of rotatable bonds is 9. The Bertz CT molecular complexity index is 1260. The van der Waals surface area contributed by atoms with Gasteiger partial charge in [0.1, 0.15) is 34.5 Å². The number of primary sulfonamides is 1. The van der Waals surface area contributed by atoms with Gasteiger partial charge in [0.15, 0.2) is 0 Å². The van der Waals surface area contributed by atoms with Crippen LogP contribution in [0, 0.1) is 0 Å². The molecule has 0 fully saturated rings. The topological polar surface area (TPSA) is 126 Å². The molecule has 0 atom stereocenters. The molecule has 0 bridgehead atoms. The number of hydrogen-bond donors (Lipinski definition) is 2. The predicted octanol–water partition coefficient (Wildman–Crippen LogP) is 3.19. The van der Waals surface area contributed by atoms with Gasteiger partial charge in [0.2, 0.25) is 10.0 Å². The lowest BCUT2D eigenvalue weighted by atomic mass is 10.2. The van der Waals surface area contributed by atoms with Crippen LogP contribution in [0.25, 0.3) is 0 Å². The molecule has 0 heterocycles. The molecule has 3 aromatic rings. The molecule has 0 aromatic heterocycles. The Hall–Kier alpha value is -3.76. The number of sulfonamides is 1. The fourth-order valence-electron chi connectivity index (χ4n) is 3.05. The molecule has 10 heteroatoms. The van der Waals surface area contributed by atoms with Crippen molar-refractivity contribution in [2.24, 2.45) is 5.14 Å². The summed E-state index contributed by atoms with van der Waals surface area (Å²) in [5, 5.41) is 8.06. The number of carbonyl (C=O) groups is 1. The van der Waals surface area contributed by atoms with Crippen LogP contribution in [0.5, 0.6) is 23.0 Å². The summed E-state index contributed by atoms with van der Waals surface area (Å²) >= 11 is 0. The average Bonchev–Trinajstić information content (AvgIpc) is 2.81. The highest BCUT2D eigenvalue weighted by atomic mass is 32.2. The number of carbonyl (C=O) groups excluding carboxylic acids is 1. The quantitative estimate of drug-likeness (QED) is 0.490. The lowest BCUT2D eigenvalue weighted by molar-refractivity contribution is 0.102. The van der Waals surface area contributed by atoms with Crippen LogP contribution in [0.15, 0.2) is 65.6 Å². The normalized spacial score (nSPS) is 10.9. The number of ether oxygens (including phenoxy) is 4. The molecule has 0 aliphatic carbocycles. The summed E-state index contributed by atoms with van der Waals surface area (Å²) < 4.78 is 45.6. The van der Waals surface area contributed by atoms with Crippen molar-refractivity contribution in [1.82, 2.24) is 0 Å². The zero-order valence-electron chi connectivity index (χ0n) is 18.3. The average molecular weight is 473 g/mol. The summed E-state index contributed by atoms with van der Waals surface area (Å²) in [6.45, 7) is -0.0316. The highest BCUT2D eigenvalue weighted by Crippen LogP contribution is 2.30. The molecule has 1 amide bonds. The van der Waals surface area contributed by atoms with Gasteiger partial charge < -0.3 is 24.3 Å². The number of nitrogens with one attached hydrogen (secondary N) is 1. The Balaban J connectivity index is 1.89. The van der Waals surface area contributed by atoms with Gasteiger partial charge >= 0.3 is 0 Å². The van der Waals surface area contributed by atoms with Crippen LogP contribution >= 0.6 is 0 Å². The smallest absolute Gasteiger partial charge is 0.255 e. The van der Waals surface area contributed by atoms with Gasteiger partial charge in [0.05, 0.1) is 21.3 Å². The molecule has 0 spiro atoms. The van der Waals surface area contributed by atoms with Crippen molar-refractivity contribution < 1.29 is 32.2 Å². The Morgan fingerprint density at radius 2 is 1.61 bits per heavy atom. The molecule has 0 unspecified atom stereocenters. The molecule has 3 aromatic carbocycles. The van der Waals surface area contributed by atoms with Crippen LogP contribution in [0.3, 0.4) is 0 Å². The number of amides is 1. The molecule has 3 N–H and O–H groups in total. The van der Waals surface area contributed by atoms with E-state index in [1.807, 2.05) is 0 Å². The van der Waals surface area contributed by atoms with Gasteiger partial charge in [-0.05, 0) is 48.5 Å². The zero-order valence-corrected chi connectivity index (χ0v) is 19.1. The van der Waals surface area contributed by atoms with Gasteiger partial charge in [-0.3, -0.25) is 4.79 Å². The standard InChI is InChI=1S/C23H24N2O7S/c1-29-18-6-4-5-15(11-18)23(26)25-17-7-10-22(33(24,27)28)21(13-17)32-14-16-12-19(30-2)8-9-20(16)31-3/h4-13H,14H2,1-3H3,(H,25,26)(H2,24,27,28). The van der Waals surface area contributed by atoms with Crippen molar-refractivity contribution in [3.63, 3.8) is 0 Å². The summed E-state index contributed by atoms with van der Waals surface area (Å²) in [7, 11) is 0.458. The van der Waals surface area contributed by atoms with Crippen molar-refractivity contribution in [2.75, 3.05) is 26.6 Å². The number of nitrogens with two attached hydrogens (primary N) is 1. The minimum absolute atomic E-state index is 0.0224. The molecule has 0 aliphatic rings. The number of anilines is 1. The molecule has 174 valence electrons. The molecule has 33 heavy (non-hydrogen) atoms. The minimum Gasteiger partial charge on any atom is -0.497 e. The second-order valence-corrected chi connectivity index (χ2v) is 8.39. The Morgan fingerprint density at radius 1 is 0.879 bits per heavy atom. The van der Waals surface area contributed by atoms with Crippen molar-refractivity contribution in [3.05, 3.63) is 71.8 Å². The lowest BCUT2D eigenvalue weighted by Crippen LogP contribution is -2.15. The van der Waals surface area contributed by atoms with Crippen LogP contribution in [0.2, 0.25) is 0 Å². The van der Waals surface area contributed by atoms with E-state index in [0.29, 0.717) is 34.1 Å². The molecular formula is C23H24N2O7S. The first kappa shape index (κ1) is 23.9. The molecule has 0 saturated carbocycles. The van der Waals surface area contributed by atoms with Gasteiger partial charge in [-0.1, -0.05) is 6.07 Å². The molecule has 0 aliphatic heterocycles. The van der Waals surface area contributed by atoms with Gasteiger partial charge in [-0.25, -0.2) is 13.6 Å². The van der Waals surface area contributed by atoms with Crippen LogP contribution in [-0.2, 0) is 16.6 Å². The van der Waals surface area contributed by atoms with Crippen LogP contribution in [0.4, 0.5) is 5.69 Å². The highest BCUT2D eigenvalue weighted by Gasteiger charge is 2.18. The Labute approximate surface area is 192 Å². The lowest BCUT2D eigenvalue weighted by Gasteiger charge is -2.15. The summed E-state index contributed by atoms with van der Waals surface area (Å²) in [5.41, 5.74) is 1.32. The minimum atomic E-state index is -4.08. The Morgan fingerprint density at radius 3 is 2.27 bits per heavy atom. The largest absolute Gasteiger partial charge is 0.497 e. The number of methoxy groups -OCH3 is 3. The van der Waals surface area contributed by atoms with E-state index >= 15 is 0 Å². The summed E-state index contributed by atoms with van der Waals surface area (Å²) in [6.07, 6.45) is 0. The fourth-order valence-corrected chi connectivity index (χ4v) is 3.71. The van der Waals surface area contributed by atoms with Crippen LogP contribution in [0.1, 0.15) is 15.9 Å². The van der Waals surface area contributed by atoms with Crippen molar-refractivity contribution in [2.45, 2.75) is 11.5 Å². The third-order valence-corrected chi connectivity index (χ3v) is 5.66. The van der Waals surface area contributed by atoms with Gasteiger partial charge in [0, 0.05) is 22.9 Å². The molecule has 9 nitrogen and oxygen atoms in total. The first-order valence-electron chi connectivity index (χ1n) is 9.71. The van der Waals surface area contributed by atoms with Crippen molar-refractivity contribution >= 4 is 21.6 Å². The Kier molecular flexibility index (Phi) is 7.41. The maximum absolute atomic E-state index is 12.6. The van der Waals surface area contributed by atoms with Gasteiger partial charge in [-0.15, -0.1) is 0 Å². The van der Waals surface area contributed by atoms with E-state index in [1.54, 1.807) is 42.5 Å². The molecular weight excluding hydrogens is 448 g/mol. The third kappa shape index (κ3) is 5.93. The van der Waals surface area contributed by atoms with Crippen LogP contribution in [-0.4, -0.2) is 35.7 Å². The van der Waals surface area contributed by atoms with E-state index < -0.39 is 15.9 Å². The SMILES string of the molecule is COc1cccc(C(=O)Nc2ccc(S(N)(=O)=O)c(OCc3cc(OC)ccc3OC)c2)c1. The molecule has 0 saturated heterocycles. The van der Waals surface area contributed by atoms with Crippen LogP contribution < -0.4 is 29.4 Å². The van der Waals surface area contributed by atoms with Gasteiger partial charge in [-0.2, -0.15) is 0 Å². The second kappa shape index (κ2) is 10.2. The van der Waals surface area contributed by atoms with E-state index in [1.165, 1.54) is 39.5 Å². The summed E-state index contributed by atoms with van der Waals surface area (Å²) in [5.74, 6) is 1.22. The van der Waals surface area contributed by atoms with Gasteiger partial charge in [0.25, 0.3) is 5.91 Å². The van der Waals surface area contributed by atoms with E-state index in [-0.39, 0.29) is 17.3 Å². The van der Waals surface area contributed by atoms with Crippen molar-refractivity contribution in [1.29, 1.82) is 0 Å². The summed E-state index contributed by atoms with van der Waals surface area (Å²) in [6, 6.07) is 15.9. The zero-order chi connectivity index (χ0) is 24.0. The number of hydrogen-bond acceptors (Lipinski definition) is 7. The third-order valence-electron chi connectivity index (χ3n) is 4.71. The molecule has 3 rings (SSSR count). The van der Waals surface area contributed by atoms with E-state index in [9.17, 15) is 13.2 Å². The van der Waals surface area contributed by atoms with E-state index in [0.717, 1.165) is 0 Å². The highest BCUT2D eigenvalue weighted by molar-refractivity contribution is 7.89.